The Morgan fingerprint density at radius 2 is 2.04 bits per heavy atom. The van der Waals surface area contributed by atoms with Gasteiger partial charge in [-0.25, -0.2) is 9.78 Å². The van der Waals surface area contributed by atoms with Gasteiger partial charge in [0.1, 0.15) is 0 Å². The molecule has 7 heteroatoms. The van der Waals surface area contributed by atoms with Crippen molar-refractivity contribution in [3.63, 3.8) is 0 Å². The molecule has 1 aromatic carbocycles. The van der Waals surface area contributed by atoms with Crippen LogP contribution in [0.2, 0.25) is 0 Å². The van der Waals surface area contributed by atoms with Gasteiger partial charge in [0, 0.05) is 55.8 Å². The third kappa shape index (κ3) is 4.03. The molecule has 0 radical (unpaired) electrons. The molecule has 1 saturated heterocycles. The minimum atomic E-state index is -0.138. The van der Waals surface area contributed by atoms with E-state index in [2.05, 4.69) is 10.3 Å². The van der Waals surface area contributed by atoms with E-state index in [9.17, 15) is 9.59 Å². The van der Waals surface area contributed by atoms with Gasteiger partial charge in [0.2, 0.25) is 5.78 Å². The molecule has 0 bridgehead atoms. The van der Waals surface area contributed by atoms with Gasteiger partial charge in [-0.05, 0) is 43.5 Å². The number of urea groups is 1. The van der Waals surface area contributed by atoms with Crippen molar-refractivity contribution in [1.82, 2.24) is 14.5 Å². The van der Waals surface area contributed by atoms with Gasteiger partial charge in [-0.3, -0.25) is 4.79 Å². The molecule has 7 nitrogen and oxygen atoms in total. The lowest BCUT2D eigenvalue weighted by atomic mass is 10.1. The van der Waals surface area contributed by atoms with Gasteiger partial charge in [-0.1, -0.05) is 0 Å². The quantitative estimate of drug-likeness (QED) is 0.796. The van der Waals surface area contributed by atoms with Gasteiger partial charge < -0.3 is 19.5 Å². The highest BCUT2D eigenvalue weighted by atomic mass is 16.5. The second-order valence-electron chi connectivity index (χ2n) is 7.31. The highest BCUT2D eigenvalue weighted by molar-refractivity contribution is 6.07. The standard InChI is InChI=1S/C20H24N4O3/c1-23-10-9-21-19(23)18(25)15-2-4-16(5-3-15)22-20(26)24(17-6-7-17)12-14-8-11-27-13-14/h2-5,9-10,14,17H,6-8,11-13H2,1H3,(H,22,26). The Labute approximate surface area is 158 Å². The molecule has 1 aliphatic heterocycles. The van der Waals surface area contributed by atoms with Crippen LogP contribution in [-0.4, -0.2) is 52.1 Å². The molecule has 4 rings (SSSR count). The maximum atomic E-state index is 12.7. The highest BCUT2D eigenvalue weighted by Crippen LogP contribution is 2.29. The molecule has 142 valence electrons. The number of hydrogen-bond acceptors (Lipinski definition) is 4. The predicted molar refractivity (Wildman–Crippen MR) is 101 cm³/mol. The van der Waals surface area contributed by atoms with Crippen LogP contribution < -0.4 is 5.32 Å². The zero-order valence-electron chi connectivity index (χ0n) is 15.4. The SMILES string of the molecule is Cn1ccnc1C(=O)c1ccc(NC(=O)N(CC2CCOC2)C2CC2)cc1. The average molecular weight is 368 g/mol. The Hall–Kier alpha value is -2.67. The summed E-state index contributed by atoms with van der Waals surface area (Å²) in [4.78, 5) is 31.2. The van der Waals surface area contributed by atoms with E-state index in [1.54, 1.807) is 48.3 Å². The summed E-state index contributed by atoms with van der Waals surface area (Å²) in [5.41, 5.74) is 1.23. The smallest absolute Gasteiger partial charge is 0.322 e. The number of benzene rings is 1. The molecule has 2 fully saturated rings. The molecule has 2 heterocycles. The third-order valence-corrected chi connectivity index (χ3v) is 5.15. The van der Waals surface area contributed by atoms with Gasteiger partial charge in [0.15, 0.2) is 5.82 Å². The summed E-state index contributed by atoms with van der Waals surface area (Å²) >= 11 is 0. The van der Waals surface area contributed by atoms with E-state index < -0.39 is 0 Å². The van der Waals surface area contributed by atoms with Crippen LogP contribution in [0.1, 0.15) is 35.4 Å². The molecule has 2 amide bonds. The number of carbonyl (C=O) groups is 2. The molecule has 1 aliphatic carbocycles. The van der Waals surface area contributed by atoms with Crippen LogP contribution in [0.15, 0.2) is 36.7 Å². The number of aromatic nitrogens is 2. The largest absolute Gasteiger partial charge is 0.381 e. The fourth-order valence-electron chi connectivity index (χ4n) is 3.40. The first-order chi connectivity index (χ1) is 13.1. The molecule has 1 aromatic heterocycles. The molecular weight excluding hydrogens is 344 g/mol. The highest BCUT2D eigenvalue weighted by Gasteiger charge is 2.34. The number of nitrogens with zero attached hydrogens (tertiary/aromatic N) is 3. The zero-order chi connectivity index (χ0) is 18.8. The number of anilines is 1. The fourth-order valence-corrected chi connectivity index (χ4v) is 3.40. The van der Waals surface area contributed by atoms with Crippen molar-refractivity contribution in [3.05, 3.63) is 48.0 Å². The van der Waals surface area contributed by atoms with Crippen molar-refractivity contribution in [2.45, 2.75) is 25.3 Å². The Morgan fingerprint density at radius 3 is 2.63 bits per heavy atom. The monoisotopic (exact) mass is 368 g/mol. The van der Waals surface area contributed by atoms with Gasteiger partial charge in [0.05, 0.1) is 6.61 Å². The lowest BCUT2D eigenvalue weighted by Gasteiger charge is -2.25. The van der Waals surface area contributed by atoms with Crippen LogP contribution in [0, 0.1) is 5.92 Å². The maximum Gasteiger partial charge on any atom is 0.322 e. The van der Waals surface area contributed by atoms with Crippen LogP contribution in [0.5, 0.6) is 0 Å². The molecule has 2 aromatic rings. The van der Waals surface area contributed by atoms with Crippen molar-refractivity contribution >= 4 is 17.5 Å². The van der Waals surface area contributed by atoms with E-state index in [-0.39, 0.29) is 11.8 Å². The van der Waals surface area contributed by atoms with Crippen molar-refractivity contribution in [3.8, 4) is 0 Å². The topological polar surface area (TPSA) is 76.5 Å². The van der Waals surface area contributed by atoms with E-state index in [0.717, 1.165) is 39.0 Å². The number of amides is 2. The summed E-state index contributed by atoms with van der Waals surface area (Å²) in [5, 5.41) is 2.96. The normalized spacial score (nSPS) is 19.1. The van der Waals surface area contributed by atoms with Gasteiger partial charge >= 0.3 is 6.03 Å². The number of ether oxygens (including phenoxy) is 1. The van der Waals surface area contributed by atoms with E-state index in [4.69, 9.17) is 4.74 Å². The first kappa shape index (κ1) is 17.7. The molecule has 1 saturated carbocycles. The number of rotatable bonds is 6. The van der Waals surface area contributed by atoms with Crippen LogP contribution in [0.3, 0.4) is 0 Å². The second-order valence-corrected chi connectivity index (χ2v) is 7.31. The molecule has 27 heavy (non-hydrogen) atoms. The zero-order valence-corrected chi connectivity index (χ0v) is 15.4. The van der Waals surface area contributed by atoms with E-state index in [1.165, 1.54) is 0 Å². The first-order valence-corrected chi connectivity index (χ1v) is 9.39. The third-order valence-electron chi connectivity index (χ3n) is 5.15. The minimum absolute atomic E-state index is 0.0763. The molecule has 1 N–H and O–H groups in total. The summed E-state index contributed by atoms with van der Waals surface area (Å²) in [6.07, 6.45) is 6.49. The van der Waals surface area contributed by atoms with Gasteiger partial charge in [-0.2, -0.15) is 0 Å². The van der Waals surface area contributed by atoms with E-state index in [0.29, 0.717) is 29.0 Å². The van der Waals surface area contributed by atoms with Gasteiger partial charge in [-0.15, -0.1) is 0 Å². The molecule has 0 spiro atoms. The molecule has 1 atom stereocenters. The summed E-state index contributed by atoms with van der Waals surface area (Å²) in [6, 6.07) is 7.23. The molecule has 1 unspecified atom stereocenters. The van der Waals surface area contributed by atoms with Crippen LogP contribution in [0.25, 0.3) is 0 Å². The van der Waals surface area contributed by atoms with Crippen LogP contribution >= 0.6 is 0 Å². The number of aryl methyl sites for hydroxylation is 1. The number of carbonyl (C=O) groups excluding carboxylic acids is 2. The lowest BCUT2D eigenvalue weighted by molar-refractivity contribution is 0.102. The summed E-state index contributed by atoms with van der Waals surface area (Å²) in [6.45, 7) is 2.27. The number of hydrogen-bond donors (Lipinski definition) is 1. The summed E-state index contributed by atoms with van der Waals surface area (Å²) in [7, 11) is 1.79. The molecule has 2 aliphatic rings. The number of imidazole rings is 1. The Balaban J connectivity index is 1.40. The average Bonchev–Trinajstić information content (AvgIpc) is 3.20. The van der Waals surface area contributed by atoms with Crippen molar-refractivity contribution in [2.24, 2.45) is 13.0 Å². The van der Waals surface area contributed by atoms with E-state index >= 15 is 0 Å². The first-order valence-electron chi connectivity index (χ1n) is 9.39. The van der Waals surface area contributed by atoms with Crippen molar-refractivity contribution in [1.29, 1.82) is 0 Å². The van der Waals surface area contributed by atoms with E-state index in [1.807, 2.05) is 4.90 Å². The van der Waals surface area contributed by atoms with Crippen molar-refractivity contribution < 1.29 is 14.3 Å². The Morgan fingerprint density at radius 1 is 1.26 bits per heavy atom. The predicted octanol–water partition coefficient (Wildman–Crippen LogP) is 2.68. The Bertz CT molecular complexity index is 820. The van der Waals surface area contributed by atoms with Crippen molar-refractivity contribution in [2.75, 3.05) is 25.1 Å². The lowest BCUT2D eigenvalue weighted by Crippen LogP contribution is -2.40. The molecular formula is C20H24N4O3. The summed E-state index contributed by atoms with van der Waals surface area (Å²) < 4.78 is 7.13. The fraction of sp³-hybridized carbons (Fsp3) is 0.450. The second kappa shape index (κ2) is 7.52. The Kier molecular flexibility index (Phi) is 4.94. The van der Waals surface area contributed by atoms with Crippen LogP contribution in [-0.2, 0) is 11.8 Å². The number of ketones is 1. The van der Waals surface area contributed by atoms with Crippen LogP contribution in [0.4, 0.5) is 10.5 Å². The number of nitrogens with one attached hydrogen (secondary N) is 1. The minimum Gasteiger partial charge on any atom is -0.381 e. The maximum absolute atomic E-state index is 12.7. The summed E-state index contributed by atoms with van der Waals surface area (Å²) in [5.74, 6) is 0.681. The van der Waals surface area contributed by atoms with Gasteiger partial charge in [0.25, 0.3) is 0 Å².